The molecule has 0 heterocycles. The van der Waals surface area contributed by atoms with E-state index in [2.05, 4.69) is 132 Å². The van der Waals surface area contributed by atoms with Crippen molar-refractivity contribution in [3.05, 3.63) is 137 Å². The second-order valence-corrected chi connectivity index (χ2v) is 7.48. The number of hydrogen-bond acceptors (Lipinski definition) is 0. The molecule has 1 aromatic carbocycles. The molecule has 0 amide bonds. The Morgan fingerprint density at radius 2 is 1.07 bits per heavy atom. The molecule has 0 aromatic heterocycles. The first kappa shape index (κ1) is 21.6. The van der Waals surface area contributed by atoms with Gasteiger partial charge in [0.2, 0.25) is 0 Å². The molecular formula is C30H32. The third kappa shape index (κ3) is 2.99. The lowest BCUT2D eigenvalue weighted by molar-refractivity contribution is 0.771. The van der Waals surface area contributed by atoms with Crippen molar-refractivity contribution in [2.24, 2.45) is 0 Å². The van der Waals surface area contributed by atoms with Crippen LogP contribution in [-0.2, 0) is 5.41 Å². The first-order valence-corrected chi connectivity index (χ1v) is 10.8. The average Bonchev–Trinajstić information content (AvgIpc) is 3.16. The van der Waals surface area contributed by atoms with E-state index in [1.807, 2.05) is 0 Å². The number of hydrogen-bond donors (Lipinski definition) is 0. The Morgan fingerprint density at radius 1 is 0.600 bits per heavy atom. The summed E-state index contributed by atoms with van der Waals surface area (Å²) in [4.78, 5) is 0. The zero-order chi connectivity index (χ0) is 21.7. The Morgan fingerprint density at radius 3 is 1.60 bits per heavy atom. The summed E-state index contributed by atoms with van der Waals surface area (Å²) in [7, 11) is 0. The van der Waals surface area contributed by atoms with Crippen LogP contribution in [0.5, 0.6) is 0 Å². The summed E-state index contributed by atoms with van der Waals surface area (Å²) < 4.78 is 0. The van der Waals surface area contributed by atoms with Crippen molar-refractivity contribution in [2.75, 3.05) is 0 Å². The molecule has 1 atom stereocenters. The average molecular weight is 393 g/mol. The highest BCUT2D eigenvalue weighted by Gasteiger charge is 2.51. The van der Waals surface area contributed by atoms with Gasteiger partial charge in [0.15, 0.2) is 0 Å². The number of allylic oxidation sites excluding steroid dienone is 17. The molecule has 3 rings (SSSR count). The van der Waals surface area contributed by atoms with Gasteiger partial charge in [-0.2, -0.15) is 0 Å². The van der Waals surface area contributed by atoms with Crippen LogP contribution in [0.2, 0.25) is 0 Å². The SMILES string of the molecule is C=CC1=C(/C=C\C)C(/C=C\C)=C(/C=C\C)C12C(/C=C\C)=C(/C=C\C)c1ccccc12. The van der Waals surface area contributed by atoms with E-state index in [0.29, 0.717) is 0 Å². The van der Waals surface area contributed by atoms with Gasteiger partial charge in [0.1, 0.15) is 0 Å². The molecule has 1 unspecified atom stereocenters. The summed E-state index contributed by atoms with van der Waals surface area (Å²) in [6, 6.07) is 8.83. The predicted molar refractivity (Wildman–Crippen MR) is 133 cm³/mol. The molecule has 0 aliphatic heterocycles. The van der Waals surface area contributed by atoms with E-state index in [1.165, 1.54) is 44.6 Å². The van der Waals surface area contributed by atoms with Crippen LogP contribution in [0.15, 0.2) is 126 Å². The molecule has 1 spiro atoms. The van der Waals surface area contributed by atoms with Crippen molar-refractivity contribution in [2.45, 2.75) is 40.0 Å². The van der Waals surface area contributed by atoms with E-state index in [9.17, 15) is 0 Å². The predicted octanol–water partition coefficient (Wildman–Crippen LogP) is 8.36. The molecule has 0 fully saturated rings. The Balaban J connectivity index is 2.64. The minimum Gasteiger partial charge on any atom is -0.0987 e. The maximum atomic E-state index is 4.29. The van der Waals surface area contributed by atoms with Gasteiger partial charge < -0.3 is 0 Å². The summed E-state index contributed by atoms with van der Waals surface area (Å²) in [5.41, 5.74) is 9.94. The minimum absolute atomic E-state index is 0.365. The largest absolute Gasteiger partial charge is 0.0987 e. The Hall–Kier alpha value is -3.12. The zero-order valence-electron chi connectivity index (χ0n) is 18.9. The summed E-state index contributed by atoms with van der Waals surface area (Å²) in [5, 5.41) is 0. The molecule has 0 N–H and O–H groups in total. The lowest BCUT2D eigenvalue weighted by Gasteiger charge is -2.33. The van der Waals surface area contributed by atoms with Crippen LogP contribution in [0.3, 0.4) is 0 Å². The van der Waals surface area contributed by atoms with Crippen molar-refractivity contribution in [1.29, 1.82) is 0 Å². The van der Waals surface area contributed by atoms with Gasteiger partial charge in [0, 0.05) is 0 Å². The minimum atomic E-state index is -0.365. The maximum absolute atomic E-state index is 4.29. The van der Waals surface area contributed by atoms with Gasteiger partial charge in [-0.25, -0.2) is 0 Å². The lowest BCUT2D eigenvalue weighted by atomic mass is 9.67. The van der Waals surface area contributed by atoms with Gasteiger partial charge in [0.25, 0.3) is 0 Å². The standard InChI is InChI=1S/C30H32/c1-7-15-22-23(16-8-2)27(18-10-4)30(26(22)12-6)28(19-11-5)24(17-9-3)25-20-13-14-21-29(25)30/h7-21H,6H2,1-5H3/b15-7-,16-8-,17-9-,18-10-,19-11-. The van der Waals surface area contributed by atoms with Crippen molar-refractivity contribution < 1.29 is 0 Å². The normalized spacial score (nSPS) is 22.0. The fourth-order valence-electron chi connectivity index (χ4n) is 5.02. The Kier molecular flexibility index (Phi) is 6.57. The molecule has 0 nitrogen and oxygen atoms in total. The monoisotopic (exact) mass is 392 g/mol. The van der Waals surface area contributed by atoms with Crippen molar-refractivity contribution in [3.8, 4) is 0 Å². The smallest absolute Gasteiger partial charge is 0.0725 e. The summed E-state index contributed by atoms with van der Waals surface area (Å²) in [6.07, 6.45) is 24.1. The second-order valence-electron chi connectivity index (χ2n) is 7.48. The van der Waals surface area contributed by atoms with Crippen LogP contribution in [0.1, 0.15) is 45.7 Å². The van der Waals surface area contributed by atoms with E-state index in [1.54, 1.807) is 0 Å². The van der Waals surface area contributed by atoms with E-state index < -0.39 is 0 Å². The highest BCUT2D eigenvalue weighted by Crippen LogP contribution is 2.61. The van der Waals surface area contributed by atoms with Crippen LogP contribution in [-0.4, -0.2) is 0 Å². The molecule has 0 saturated heterocycles. The quantitative estimate of drug-likeness (QED) is 0.456. The third-order valence-corrected chi connectivity index (χ3v) is 5.86. The van der Waals surface area contributed by atoms with Crippen LogP contribution in [0.25, 0.3) is 5.57 Å². The van der Waals surface area contributed by atoms with Gasteiger partial charge in [0.05, 0.1) is 5.41 Å². The van der Waals surface area contributed by atoms with Gasteiger partial charge in [-0.1, -0.05) is 97.7 Å². The number of rotatable bonds is 6. The topological polar surface area (TPSA) is 0 Å². The van der Waals surface area contributed by atoms with Gasteiger partial charge in [-0.15, -0.1) is 0 Å². The van der Waals surface area contributed by atoms with E-state index in [-0.39, 0.29) is 5.41 Å². The lowest BCUT2D eigenvalue weighted by Crippen LogP contribution is -2.28. The van der Waals surface area contributed by atoms with Gasteiger partial charge in [-0.05, 0) is 79.2 Å². The van der Waals surface area contributed by atoms with Gasteiger partial charge >= 0.3 is 0 Å². The molecule has 1 aromatic rings. The molecule has 2 aliphatic carbocycles. The first-order chi connectivity index (χ1) is 14.7. The molecule has 0 bridgehead atoms. The number of benzene rings is 1. The van der Waals surface area contributed by atoms with Crippen LogP contribution in [0.4, 0.5) is 0 Å². The van der Waals surface area contributed by atoms with Crippen molar-refractivity contribution in [1.82, 2.24) is 0 Å². The fraction of sp³-hybridized carbons (Fsp3) is 0.200. The van der Waals surface area contributed by atoms with Crippen molar-refractivity contribution in [3.63, 3.8) is 0 Å². The van der Waals surface area contributed by atoms with Crippen molar-refractivity contribution >= 4 is 5.57 Å². The summed E-state index contributed by atoms with van der Waals surface area (Å²) in [5.74, 6) is 0. The highest BCUT2D eigenvalue weighted by molar-refractivity contribution is 5.95. The molecule has 30 heavy (non-hydrogen) atoms. The third-order valence-electron chi connectivity index (χ3n) is 5.86. The van der Waals surface area contributed by atoms with Crippen LogP contribution < -0.4 is 0 Å². The molecule has 0 heteroatoms. The van der Waals surface area contributed by atoms with E-state index >= 15 is 0 Å². The molecular weight excluding hydrogens is 360 g/mol. The van der Waals surface area contributed by atoms with Crippen LogP contribution >= 0.6 is 0 Å². The molecule has 152 valence electrons. The second kappa shape index (κ2) is 9.13. The molecule has 2 aliphatic rings. The van der Waals surface area contributed by atoms with E-state index in [4.69, 9.17) is 0 Å². The fourth-order valence-corrected chi connectivity index (χ4v) is 5.02. The zero-order valence-corrected chi connectivity index (χ0v) is 18.9. The van der Waals surface area contributed by atoms with Crippen LogP contribution in [0, 0.1) is 0 Å². The molecule has 0 saturated carbocycles. The van der Waals surface area contributed by atoms with E-state index in [0.717, 1.165) is 0 Å². The van der Waals surface area contributed by atoms with Gasteiger partial charge in [-0.3, -0.25) is 0 Å². The Labute approximate surface area is 182 Å². The maximum Gasteiger partial charge on any atom is 0.0725 e. The number of fused-ring (bicyclic) bond motifs is 2. The molecule has 0 radical (unpaired) electrons. The summed E-state index contributed by atoms with van der Waals surface area (Å²) in [6.45, 7) is 14.7. The Bertz CT molecular complexity index is 1090. The first-order valence-electron chi connectivity index (χ1n) is 10.8. The summed E-state index contributed by atoms with van der Waals surface area (Å²) >= 11 is 0. The highest BCUT2D eigenvalue weighted by atomic mass is 14.5.